The minimum absolute atomic E-state index is 0.0754. The highest BCUT2D eigenvalue weighted by atomic mass is 16.6. The van der Waals surface area contributed by atoms with E-state index in [0.717, 1.165) is 103 Å². The number of carbonyl (C=O) groups excluding carboxylic acids is 3. The Morgan fingerprint density at radius 3 is 0.968 bits per heavy atom. The molecule has 1 unspecified atom stereocenters. The molecule has 0 aromatic heterocycles. The van der Waals surface area contributed by atoms with Crippen molar-refractivity contribution >= 4 is 17.9 Å². The minimum atomic E-state index is -0.772. The molecule has 0 spiro atoms. The van der Waals surface area contributed by atoms with Crippen LogP contribution in [0.2, 0.25) is 0 Å². The summed E-state index contributed by atoms with van der Waals surface area (Å²) in [5.74, 6) is -0.889. The first-order valence-corrected chi connectivity index (χ1v) is 26.4. The molecule has 0 aliphatic rings. The van der Waals surface area contributed by atoms with Crippen LogP contribution in [0.5, 0.6) is 0 Å². The van der Waals surface area contributed by atoms with Crippen LogP contribution in [-0.4, -0.2) is 37.2 Å². The lowest BCUT2D eigenvalue weighted by Gasteiger charge is -2.18. The largest absolute Gasteiger partial charge is 0.462 e. The molecule has 0 fully saturated rings. The molecule has 6 heteroatoms. The smallest absolute Gasteiger partial charge is 0.306 e. The number of ether oxygens (including phenoxy) is 3. The molecule has 0 rings (SSSR count). The zero-order chi connectivity index (χ0) is 45.8. The van der Waals surface area contributed by atoms with Gasteiger partial charge in [0.2, 0.25) is 0 Å². The van der Waals surface area contributed by atoms with Gasteiger partial charge in [0.1, 0.15) is 13.2 Å². The summed E-state index contributed by atoms with van der Waals surface area (Å²) in [7, 11) is 0. The first-order valence-electron chi connectivity index (χ1n) is 26.4. The summed E-state index contributed by atoms with van der Waals surface area (Å²) in [5, 5.41) is 0. The van der Waals surface area contributed by atoms with E-state index >= 15 is 0 Å². The highest BCUT2D eigenvalue weighted by Crippen LogP contribution is 2.15. The Labute approximate surface area is 389 Å². The summed E-state index contributed by atoms with van der Waals surface area (Å²) in [5.41, 5.74) is 0. The van der Waals surface area contributed by atoms with Gasteiger partial charge in [-0.25, -0.2) is 0 Å². The number of hydrogen-bond acceptors (Lipinski definition) is 6. The molecule has 362 valence electrons. The molecule has 0 amide bonds. The fourth-order valence-corrected chi connectivity index (χ4v) is 7.27. The lowest BCUT2D eigenvalue weighted by Crippen LogP contribution is -2.30. The third-order valence-corrected chi connectivity index (χ3v) is 11.2. The quantitative estimate of drug-likeness (QED) is 0.0262. The Balaban J connectivity index is 4.14. The Bertz CT molecular complexity index is 1190. The van der Waals surface area contributed by atoms with Crippen molar-refractivity contribution in [3.05, 3.63) is 72.9 Å². The molecular weight excluding hydrogens is 781 g/mol. The molecule has 1 atom stereocenters. The Kier molecular flexibility index (Phi) is 48.9. The number of carbonyl (C=O) groups is 3. The van der Waals surface area contributed by atoms with Crippen molar-refractivity contribution in [2.75, 3.05) is 13.2 Å². The lowest BCUT2D eigenvalue weighted by molar-refractivity contribution is -0.167. The molecule has 6 nitrogen and oxygen atoms in total. The first kappa shape index (κ1) is 59.9. The van der Waals surface area contributed by atoms with Crippen LogP contribution in [0.25, 0.3) is 0 Å². The average Bonchev–Trinajstić information content (AvgIpc) is 3.28. The van der Waals surface area contributed by atoms with Gasteiger partial charge in [-0.05, 0) is 70.6 Å². The summed E-state index contributed by atoms with van der Waals surface area (Å²) >= 11 is 0. The number of unbranched alkanes of at least 4 members (excludes halogenated alkanes) is 24. The third kappa shape index (κ3) is 49.7. The average molecular weight is 879 g/mol. The summed E-state index contributed by atoms with van der Waals surface area (Å²) in [4.78, 5) is 37.7. The normalized spacial score (nSPS) is 12.6. The minimum Gasteiger partial charge on any atom is -0.462 e. The van der Waals surface area contributed by atoms with E-state index in [2.05, 4.69) is 93.7 Å². The monoisotopic (exact) mass is 879 g/mol. The van der Waals surface area contributed by atoms with E-state index in [4.69, 9.17) is 14.2 Å². The lowest BCUT2D eigenvalue weighted by atomic mass is 10.1. The Morgan fingerprint density at radius 2 is 0.619 bits per heavy atom. The SMILES string of the molecule is CC/C=C\C/C=C\C/C=C\C/C=C\C/C=C\C/C=C\CCCCCCCCCCC(=O)OCC(COC(=O)CCCCCCCCC)OC(=O)CCCCCCCCCCCCC. The van der Waals surface area contributed by atoms with Gasteiger partial charge < -0.3 is 14.2 Å². The molecule has 63 heavy (non-hydrogen) atoms. The van der Waals surface area contributed by atoms with E-state index < -0.39 is 6.10 Å². The van der Waals surface area contributed by atoms with Gasteiger partial charge in [-0.15, -0.1) is 0 Å². The van der Waals surface area contributed by atoms with Crippen LogP contribution in [0.4, 0.5) is 0 Å². The van der Waals surface area contributed by atoms with Crippen LogP contribution in [0.3, 0.4) is 0 Å². The van der Waals surface area contributed by atoms with Gasteiger partial charge in [0, 0.05) is 19.3 Å². The fourth-order valence-electron chi connectivity index (χ4n) is 7.27. The second-order valence-corrected chi connectivity index (χ2v) is 17.4. The van der Waals surface area contributed by atoms with Gasteiger partial charge in [0.25, 0.3) is 0 Å². The highest BCUT2D eigenvalue weighted by Gasteiger charge is 2.19. The van der Waals surface area contributed by atoms with E-state index in [-0.39, 0.29) is 31.1 Å². The van der Waals surface area contributed by atoms with Gasteiger partial charge in [0.15, 0.2) is 6.10 Å². The van der Waals surface area contributed by atoms with Crippen molar-refractivity contribution in [2.45, 2.75) is 258 Å². The number of esters is 3. The summed E-state index contributed by atoms with van der Waals surface area (Å²) in [6.07, 6.45) is 64.8. The first-order chi connectivity index (χ1) is 31.0. The molecule has 0 aromatic carbocycles. The van der Waals surface area contributed by atoms with Crippen LogP contribution in [0.15, 0.2) is 72.9 Å². The van der Waals surface area contributed by atoms with E-state index in [1.165, 1.54) is 109 Å². The predicted octanol–water partition coefficient (Wildman–Crippen LogP) is 17.4. The van der Waals surface area contributed by atoms with E-state index in [1.807, 2.05) is 0 Å². The Hall–Kier alpha value is -3.15. The predicted molar refractivity (Wildman–Crippen MR) is 270 cm³/mol. The van der Waals surface area contributed by atoms with Gasteiger partial charge in [-0.2, -0.15) is 0 Å². The van der Waals surface area contributed by atoms with Crippen LogP contribution in [-0.2, 0) is 28.6 Å². The highest BCUT2D eigenvalue weighted by molar-refractivity contribution is 5.71. The molecule has 0 aliphatic heterocycles. The summed E-state index contributed by atoms with van der Waals surface area (Å²) in [6, 6.07) is 0. The fraction of sp³-hybridized carbons (Fsp3) is 0.737. The molecule has 0 aliphatic carbocycles. The molecule has 0 radical (unpaired) electrons. The van der Waals surface area contributed by atoms with Crippen molar-refractivity contribution in [1.29, 1.82) is 0 Å². The van der Waals surface area contributed by atoms with Crippen molar-refractivity contribution in [2.24, 2.45) is 0 Å². The summed E-state index contributed by atoms with van der Waals surface area (Å²) in [6.45, 7) is 6.47. The zero-order valence-electron chi connectivity index (χ0n) is 41.3. The van der Waals surface area contributed by atoms with Crippen molar-refractivity contribution in [3.63, 3.8) is 0 Å². The standard InChI is InChI=1S/C57H98O6/c1-4-7-10-13-16-18-20-21-22-23-24-25-26-27-28-29-30-31-32-33-34-35-37-38-41-44-47-50-56(59)62-53-54(52-61-55(58)49-46-43-40-15-12-9-6-3)63-57(60)51-48-45-42-39-36-19-17-14-11-8-5-2/h7,10,16,18,21-22,24-25,27-28,30-31,54H,4-6,8-9,11-15,17,19-20,23,26,29,32-53H2,1-3H3/b10-7-,18-16-,22-21-,25-24-,28-27-,31-30-. The maximum absolute atomic E-state index is 12.7. The van der Waals surface area contributed by atoms with E-state index in [0.29, 0.717) is 19.3 Å². The molecule has 0 heterocycles. The maximum Gasteiger partial charge on any atom is 0.306 e. The van der Waals surface area contributed by atoms with Crippen molar-refractivity contribution in [3.8, 4) is 0 Å². The van der Waals surface area contributed by atoms with Crippen LogP contribution < -0.4 is 0 Å². The number of allylic oxidation sites excluding steroid dienone is 12. The van der Waals surface area contributed by atoms with Gasteiger partial charge in [0.05, 0.1) is 0 Å². The second kappa shape index (κ2) is 51.5. The van der Waals surface area contributed by atoms with E-state index in [9.17, 15) is 14.4 Å². The zero-order valence-corrected chi connectivity index (χ0v) is 41.3. The number of hydrogen-bond donors (Lipinski definition) is 0. The molecule has 0 aromatic rings. The third-order valence-electron chi connectivity index (χ3n) is 11.2. The molecule has 0 N–H and O–H groups in total. The van der Waals surface area contributed by atoms with Gasteiger partial charge in [-0.1, -0.05) is 235 Å². The Morgan fingerprint density at radius 1 is 0.333 bits per heavy atom. The van der Waals surface area contributed by atoms with Crippen molar-refractivity contribution in [1.82, 2.24) is 0 Å². The summed E-state index contributed by atoms with van der Waals surface area (Å²) < 4.78 is 16.7. The van der Waals surface area contributed by atoms with E-state index in [1.54, 1.807) is 0 Å². The topological polar surface area (TPSA) is 78.9 Å². The maximum atomic E-state index is 12.7. The molecule has 0 saturated carbocycles. The van der Waals surface area contributed by atoms with Crippen LogP contribution >= 0.6 is 0 Å². The molecular formula is C57H98O6. The van der Waals surface area contributed by atoms with Crippen LogP contribution in [0, 0.1) is 0 Å². The number of rotatable bonds is 47. The van der Waals surface area contributed by atoms with Crippen molar-refractivity contribution < 1.29 is 28.6 Å². The molecule has 0 saturated heterocycles. The van der Waals surface area contributed by atoms with Crippen LogP contribution in [0.1, 0.15) is 252 Å². The van der Waals surface area contributed by atoms with Gasteiger partial charge >= 0.3 is 17.9 Å². The molecule has 0 bridgehead atoms. The van der Waals surface area contributed by atoms with Gasteiger partial charge in [-0.3, -0.25) is 14.4 Å². The second-order valence-electron chi connectivity index (χ2n) is 17.4.